The van der Waals surface area contributed by atoms with Crippen LogP contribution in [-0.2, 0) is 20.4 Å². The highest BCUT2D eigenvalue weighted by atomic mass is 31.2. The maximum absolute atomic E-state index is 10.5. The minimum Gasteiger partial charge on any atom is -0.467 e. The van der Waals surface area contributed by atoms with Crippen molar-refractivity contribution in [1.29, 1.82) is 0 Å². The van der Waals surface area contributed by atoms with Crippen molar-refractivity contribution < 1.29 is 28.3 Å². The monoisotopic (exact) mass is 194 g/mol. The lowest BCUT2D eigenvalue weighted by Crippen LogP contribution is -1.91. The van der Waals surface area contributed by atoms with Gasteiger partial charge in [0.25, 0.3) is 0 Å². The van der Waals surface area contributed by atoms with Gasteiger partial charge >= 0.3 is 7.82 Å². The molecule has 6 nitrogen and oxygen atoms in total. The summed E-state index contributed by atoms with van der Waals surface area (Å²) in [6.45, 7) is -0.235. The van der Waals surface area contributed by atoms with Crippen molar-refractivity contribution in [2.24, 2.45) is 0 Å². The summed E-state index contributed by atoms with van der Waals surface area (Å²) < 4.78 is 22.7. The third kappa shape index (κ3) is 2.77. The maximum atomic E-state index is 10.5. The van der Waals surface area contributed by atoms with Crippen molar-refractivity contribution in [3.63, 3.8) is 0 Å². The molecule has 0 aromatic carbocycles. The molecule has 0 aliphatic carbocycles. The minimum atomic E-state index is -4.32. The summed E-state index contributed by atoms with van der Waals surface area (Å²) in [5, 5.41) is 7.85. The zero-order chi connectivity index (χ0) is 9.03. The maximum Gasteiger partial charge on any atom is 0.499 e. The normalized spacial score (nSPS) is 15.8. The summed E-state index contributed by atoms with van der Waals surface area (Å²) in [4.78, 5) is 8.54. The Balaban J connectivity index is 2.41. The van der Waals surface area contributed by atoms with Crippen LogP contribution in [0.25, 0.3) is 0 Å². The second kappa shape index (κ2) is 3.84. The van der Waals surface area contributed by atoms with Crippen molar-refractivity contribution in [3.8, 4) is 0 Å². The van der Waals surface area contributed by atoms with Crippen LogP contribution in [0, 0.1) is 0 Å². The zero-order valence-electron chi connectivity index (χ0n) is 5.91. The largest absolute Gasteiger partial charge is 0.499 e. The van der Waals surface area contributed by atoms with Crippen LogP contribution in [-0.4, -0.2) is 10.2 Å². The van der Waals surface area contributed by atoms with Gasteiger partial charge in [-0.15, -0.1) is 4.67 Å². The highest BCUT2D eigenvalue weighted by Crippen LogP contribution is 2.42. The predicted octanol–water partition coefficient (Wildman–Crippen LogP) is 1.39. The molecule has 0 fully saturated rings. The van der Waals surface area contributed by atoms with Gasteiger partial charge in [-0.1, -0.05) is 0 Å². The number of furan rings is 1. The van der Waals surface area contributed by atoms with E-state index in [1.54, 1.807) is 12.1 Å². The molecular weight excluding hydrogens is 187 g/mol. The molecule has 1 rings (SSSR count). The molecule has 0 spiro atoms. The summed E-state index contributed by atoms with van der Waals surface area (Å²) in [5.74, 6) is 0.362. The van der Waals surface area contributed by atoms with E-state index in [0.717, 1.165) is 0 Å². The summed E-state index contributed by atoms with van der Waals surface area (Å²) in [6.07, 6.45) is 1.39. The first-order valence-electron chi connectivity index (χ1n) is 2.97. The Morgan fingerprint density at radius 3 is 2.92 bits per heavy atom. The standard InChI is InChI=1S/C5H7O6P/c6-11-12(7,8)10-4-5-2-1-3-9-5/h1-3,6H,4H2,(H,7,8). The van der Waals surface area contributed by atoms with E-state index in [9.17, 15) is 4.57 Å². The SMILES string of the molecule is O=P(O)(OO)OCc1ccco1. The molecule has 0 saturated carbocycles. The topological polar surface area (TPSA) is 89.1 Å². The molecular formula is C5H7O6P. The number of phosphoric acid groups is 1. The van der Waals surface area contributed by atoms with Gasteiger partial charge in [-0.25, -0.2) is 9.82 Å². The molecule has 0 aliphatic heterocycles. The highest BCUT2D eigenvalue weighted by molar-refractivity contribution is 7.47. The first kappa shape index (κ1) is 9.44. The molecule has 68 valence electrons. The van der Waals surface area contributed by atoms with Gasteiger partial charge in [-0.05, 0) is 12.1 Å². The third-order valence-corrected chi connectivity index (χ3v) is 1.71. The van der Waals surface area contributed by atoms with Crippen LogP contribution < -0.4 is 0 Å². The summed E-state index contributed by atoms with van der Waals surface area (Å²) in [7, 11) is -4.32. The Morgan fingerprint density at radius 2 is 2.42 bits per heavy atom. The van der Waals surface area contributed by atoms with Gasteiger partial charge < -0.3 is 9.31 Å². The van der Waals surface area contributed by atoms with E-state index in [4.69, 9.17) is 14.6 Å². The fourth-order valence-corrected chi connectivity index (χ4v) is 0.901. The molecule has 0 aliphatic rings. The average Bonchev–Trinajstić information content (AvgIpc) is 2.53. The average molecular weight is 194 g/mol. The molecule has 0 amide bonds. The fourth-order valence-electron chi connectivity index (χ4n) is 0.563. The molecule has 1 aromatic heterocycles. The molecule has 0 bridgehead atoms. The molecule has 0 radical (unpaired) electrons. The van der Waals surface area contributed by atoms with Gasteiger partial charge in [0.1, 0.15) is 12.4 Å². The molecule has 1 heterocycles. The van der Waals surface area contributed by atoms with E-state index in [2.05, 4.69) is 9.20 Å². The Bertz CT molecular complexity index is 267. The second-order valence-electron chi connectivity index (χ2n) is 1.90. The van der Waals surface area contributed by atoms with Gasteiger partial charge in [0.05, 0.1) is 6.26 Å². The van der Waals surface area contributed by atoms with E-state index in [0.29, 0.717) is 5.76 Å². The van der Waals surface area contributed by atoms with Crippen LogP contribution in [0.1, 0.15) is 5.76 Å². The first-order valence-corrected chi connectivity index (χ1v) is 4.46. The summed E-state index contributed by atoms with van der Waals surface area (Å²) >= 11 is 0. The highest BCUT2D eigenvalue weighted by Gasteiger charge is 2.20. The van der Waals surface area contributed by atoms with E-state index < -0.39 is 7.82 Å². The smallest absolute Gasteiger partial charge is 0.467 e. The quantitative estimate of drug-likeness (QED) is 0.427. The lowest BCUT2D eigenvalue weighted by atomic mass is 10.5. The molecule has 1 aromatic rings. The minimum absolute atomic E-state index is 0.235. The zero-order valence-corrected chi connectivity index (χ0v) is 6.81. The van der Waals surface area contributed by atoms with E-state index >= 15 is 0 Å². The lowest BCUT2D eigenvalue weighted by molar-refractivity contribution is -0.163. The van der Waals surface area contributed by atoms with Gasteiger partial charge in [0, 0.05) is 0 Å². The Hall–Kier alpha value is -0.650. The molecule has 2 N–H and O–H groups in total. The van der Waals surface area contributed by atoms with E-state index in [1.165, 1.54) is 6.26 Å². The molecule has 1 unspecified atom stereocenters. The Morgan fingerprint density at radius 1 is 1.67 bits per heavy atom. The van der Waals surface area contributed by atoms with Crippen LogP contribution in [0.5, 0.6) is 0 Å². The van der Waals surface area contributed by atoms with Gasteiger partial charge in [-0.3, -0.25) is 4.52 Å². The summed E-state index contributed by atoms with van der Waals surface area (Å²) in [5.41, 5.74) is 0. The molecule has 7 heteroatoms. The lowest BCUT2D eigenvalue weighted by Gasteiger charge is -2.04. The Kier molecular flexibility index (Phi) is 3.02. The van der Waals surface area contributed by atoms with Crippen LogP contribution in [0.4, 0.5) is 0 Å². The van der Waals surface area contributed by atoms with E-state index in [1.807, 2.05) is 0 Å². The molecule has 1 atom stereocenters. The number of hydrogen-bond acceptors (Lipinski definition) is 5. The predicted molar refractivity (Wildman–Crippen MR) is 37.0 cm³/mol. The van der Waals surface area contributed by atoms with Gasteiger partial charge in [0.2, 0.25) is 0 Å². The number of rotatable bonds is 4. The van der Waals surface area contributed by atoms with Crippen molar-refractivity contribution >= 4 is 7.82 Å². The van der Waals surface area contributed by atoms with Crippen molar-refractivity contribution in [3.05, 3.63) is 24.2 Å². The van der Waals surface area contributed by atoms with E-state index in [-0.39, 0.29) is 6.61 Å². The Labute approximate surface area is 67.9 Å². The summed E-state index contributed by atoms with van der Waals surface area (Å²) in [6, 6.07) is 3.15. The number of phosphoric ester groups is 1. The van der Waals surface area contributed by atoms with Crippen LogP contribution >= 0.6 is 7.82 Å². The number of hydrogen-bond donors (Lipinski definition) is 2. The van der Waals surface area contributed by atoms with Crippen molar-refractivity contribution in [1.82, 2.24) is 0 Å². The molecule has 12 heavy (non-hydrogen) atoms. The van der Waals surface area contributed by atoms with Crippen LogP contribution in [0.15, 0.2) is 22.8 Å². The fraction of sp³-hybridized carbons (Fsp3) is 0.200. The van der Waals surface area contributed by atoms with Gasteiger partial charge in [0.15, 0.2) is 0 Å². The van der Waals surface area contributed by atoms with Crippen LogP contribution in [0.3, 0.4) is 0 Å². The third-order valence-electron chi connectivity index (χ3n) is 1.05. The second-order valence-corrected chi connectivity index (χ2v) is 3.26. The van der Waals surface area contributed by atoms with Crippen molar-refractivity contribution in [2.45, 2.75) is 6.61 Å². The first-order chi connectivity index (χ1) is 5.64. The van der Waals surface area contributed by atoms with Crippen LogP contribution in [0.2, 0.25) is 0 Å². The molecule has 0 saturated heterocycles. The van der Waals surface area contributed by atoms with Crippen molar-refractivity contribution in [2.75, 3.05) is 0 Å². The van der Waals surface area contributed by atoms with Gasteiger partial charge in [-0.2, -0.15) is 0 Å².